The van der Waals surface area contributed by atoms with Gasteiger partial charge in [-0.1, -0.05) is 32.1 Å². The van der Waals surface area contributed by atoms with Crippen LogP contribution in [0.3, 0.4) is 0 Å². The van der Waals surface area contributed by atoms with E-state index in [2.05, 4.69) is 30.6 Å². The Morgan fingerprint density at radius 2 is 1.82 bits per heavy atom. The van der Waals surface area contributed by atoms with E-state index in [-0.39, 0.29) is 0 Å². The first-order valence-corrected chi connectivity index (χ1v) is 6.17. The monoisotopic (exact) mass is 234 g/mol. The van der Waals surface area contributed by atoms with Crippen LogP contribution in [-0.4, -0.2) is 11.6 Å². The number of ether oxygens (including phenoxy) is 1. The average Bonchev–Trinajstić information content (AvgIpc) is 2.19. The van der Waals surface area contributed by atoms with Gasteiger partial charge in [0.15, 0.2) is 0 Å². The molecule has 0 N–H and O–H groups in total. The lowest BCUT2D eigenvalue weighted by atomic mass is 10.2. The van der Waals surface area contributed by atoms with Crippen molar-refractivity contribution in [1.29, 1.82) is 0 Å². The molecule has 0 radical (unpaired) electrons. The van der Waals surface area contributed by atoms with Crippen LogP contribution in [0.1, 0.15) is 59.8 Å². The second kappa shape index (κ2) is 8.71. The Labute approximate surface area is 105 Å². The maximum absolute atomic E-state index is 11.2. The Bertz CT molecular complexity index is 339. The topological polar surface area (TPSA) is 26.3 Å². The molecule has 0 unspecified atom stereocenters. The summed E-state index contributed by atoms with van der Waals surface area (Å²) >= 11 is 0. The van der Waals surface area contributed by atoms with Crippen molar-refractivity contribution in [2.75, 3.05) is 0 Å². The van der Waals surface area contributed by atoms with Crippen LogP contribution in [0.15, 0.2) is 0 Å². The molecule has 0 aliphatic carbocycles. The number of hydrogen-bond acceptors (Lipinski definition) is 2. The molecule has 0 aliphatic rings. The van der Waals surface area contributed by atoms with Crippen LogP contribution in [0.4, 0.5) is 0 Å². The molecule has 0 saturated carbocycles. The summed E-state index contributed by atoms with van der Waals surface area (Å²) in [4.78, 5) is 11.2. The lowest BCUT2D eigenvalue weighted by Crippen LogP contribution is -2.22. The SMILES string of the molecule is CCCCCCC#CC#CC(=O)OC(C)(C)C. The molecule has 0 aromatic carbocycles. The second-order valence-electron chi connectivity index (χ2n) is 4.86. The van der Waals surface area contributed by atoms with Gasteiger partial charge in [-0.05, 0) is 39.0 Å². The van der Waals surface area contributed by atoms with E-state index in [4.69, 9.17) is 4.74 Å². The lowest BCUT2D eigenvalue weighted by Gasteiger charge is -2.16. The molecule has 0 heterocycles. The smallest absolute Gasteiger partial charge is 0.385 e. The molecule has 2 heteroatoms. The van der Waals surface area contributed by atoms with Gasteiger partial charge in [0, 0.05) is 12.3 Å². The van der Waals surface area contributed by atoms with Crippen LogP contribution < -0.4 is 0 Å². The molecule has 0 saturated heterocycles. The zero-order chi connectivity index (χ0) is 13.1. The van der Waals surface area contributed by atoms with Crippen LogP contribution >= 0.6 is 0 Å². The first-order valence-electron chi connectivity index (χ1n) is 6.17. The maximum atomic E-state index is 11.2. The van der Waals surface area contributed by atoms with Crippen molar-refractivity contribution in [2.24, 2.45) is 0 Å². The third-order valence-corrected chi connectivity index (χ3v) is 1.87. The molecule has 0 bridgehead atoms. The highest BCUT2D eigenvalue weighted by molar-refractivity contribution is 5.89. The Hall–Kier alpha value is -1.41. The first kappa shape index (κ1) is 15.6. The predicted molar refractivity (Wildman–Crippen MR) is 70.2 cm³/mol. The largest absolute Gasteiger partial charge is 0.450 e. The normalized spacial score (nSPS) is 9.65. The Morgan fingerprint density at radius 1 is 1.12 bits per heavy atom. The molecule has 0 spiro atoms. The van der Waals surface area contributed by atoms with Crippen molar-refractivity contribution in [1.82, 2.24) is 0 Å². The fraction of sp³-hybridized carbons (Fsp3) is 0.667. The number of carbonyl (C=O) groups excluding carboxylic acids is 1. The highest BCUT2D eigenvalue weighted by Gasteiger charge is 2.13. The highest BCUT2D eigenvalue weighted by Crippen LogP contribution is 2.05. The number of unbranched alkanes of at least 4 members (excludes halogenated alkanes) is 4. The van der Waals surface area contributed by atoms with Crippen LogP contribution in [-0.2, 0) is 9.53 Å². The molecule has 0 aromatic rings. The summed E-state index contributed by atoms with van der Waals surface area (Å²) in [6.07, 6.45) is 5.65. The summed E-state index contributed by atoms with van der Waals surface area (Å²) in [7, 11) is 0. The number of esters is 1. The molecular formula is C15H22O2. The van der Waals surface area contributed by atoms with Gasteiger partial charge in [-0.3, -0.25) is 0 Å². The number of hydrogen-bond donors (Lipinski definition) is 0. The predicted octanol–water partition coefficient (Wildman–Crippen LogP) is 3.31. The van der Waals surface area contributed by atoms with Gasteiger partial charge >= 0.3 is 5.97 Å². The molecule has 0 fully saturated rings. The van der Waals surface area contributed by atoms with Gasteiger partial charge in [-0.2, -0.15) is 0 Å². The molecular weight excluding hydrogens is 212 g/mol. The van der Waals surface area contributed by atoms with Crippen LogP contribution in [0.5, 0.6) is 0 Å². The third-order valence-electron chi connectivity index (χ3n) is 1.87. The van der Waals surface area contributed by atoms with E-state index in [0.29, 0.717) is 0 Å². The van der Waals surface area contributed by atoms with Gasteiger partial charge in [0.25, 0.3) is 0 Å². The zero-order valence-electron chi connectivity index (χ0n) is 11.4. The van der Waals surface area contributed by atoms with Gasteiger partial charge in [0.05, 0.1) is 0 Å². The molecule has 0 rings (SSSR count). The van der Waals surface area contributed by atoms with E-state index in [1.54, 1.807) is 0 Å². The van der Waals surface area contributed by atoms with E-state index in [1.807, 2.05) is 20.8 Å². The van der Waals surface area contributed by atoms with E-state index < -0.39 is 11.6 Å². The van der Waals surface area contributed by atoms with Gasteiger partial charge in [-0.15, -0.1) is 0 Å². The van der Waals surface area contributed by atoms with Crippen molar-refractivity contribution in [3.8, 4) is 23.7 Å². The lowest BCUT2D eigenvalue weighted by molar-refractivity contribution is -0.147. The third kappa shape index (κ3) is 12.5. The van der Waals surface area contributed by atoms with E-state index in [9.17, 15) is 4.79 Å². The standard InChI is InChI=1S/C15H22O2/c1-5-6-7-8-9-10-11-12-13-14(16)17-15(2,3)4/h5-9H2,1-4H3. The second-order valence-corrected chi connectivity index (χ2v) is 4.86. The van der Waals surface area contributed by atoms with Crippen molar-refractivity contribution >= 4 is 5.97 Å². The van der Waals surface area contributed by atoms with Crippen molar-refractivity contribution in [3.63, 3.8) is 0 Å². The summed E-state index contributed by atoms with van der Waals surface area (Å²) in [6, 6.07) is 0. The molecule has 2 nitrogen and oxygen atoms in total. The maximum Gasteiger partial charge on any atom is 0.385 e. The van der Waals surface area contributed by atoms with Crippen molar-refractivity contribution < 1.29 is 9.53 Å². The fourth-order valence-electron chi connectivity index (χ4n) is 1.13. The molecule has 0 amide bonds. The molecule has 0 atom stereocenters. The molecule has 17 heavy (non-hydrogen) atoms. The minimum Gasteiger partial charge on any atom is -0.450 e. The van der Waals surface area contributed by atoms with Gasteiger partial charge in [-0.25, -0.2) is 4.79 Å². The van der Waals surface area contributed by atoms with Gasteiger partial charge in [0.2, 0.25) is 0 Å². The zero-order valence-corrected chi connectivity index (χ0v) is 11.4. The fourth-order valence-corrected chi connectivity index (χ4v) is 1.13. The highest BCUT2D eigenvalue weighted by atomic mass is 16.6. The van der Waals surface area contributed by atoms with E-state index >= 15 is 0 Å². The summed E-state index contributed by atoms with van der Waals surface area (Å²) in [5, 5.41) is 0. The number of rotatable bonds is 4. The van der Waals surface area contributed by atoms with Crippen LogP contribution in [0.2, 0.25) is 0 Å². The van der Waals surface area contributed by atoms with Gasteiger partial charge in [0.1, 0.15) is 5.60 Å². The van der Waals surface area contributed by atoms with E-state index in [0.717, 1.165) is 12.8 Å². The quantitative estimate of drug-likeness (QED) is 0.323. The minimum atomic E-state index is -0.516. The minimum absolute atomic E-state index is 0.487. The van der Waals surface area contributed by atoms with Crippen LogP contribution in [0, 0.1) is 23.7 Å². The Morgan fingerprint density at radius 3 is 2.41 bits per heavy atom. The molecule has 0 aliphatic heterocycles. The summed E-state index contributed by atoms with van der Waals surface area (Å²) in [6.45, 7) is 7.61. The van der Waals surface area contributed by atoms with Crippen molar-refractivity contribution in [2.45, 2.75) is 65.4 Å². The van der Waals surface area contributed by atoms with Gasteiger partial charge < -0.3 is 4.74 Å². The summed E-state index contributed by atoms with van der Waals surface area (Å²) in [5.74, 6) is 9.95. The summed E-state index contributed by atoms with van der Waals surface area (Å²) in [5.41, 5.74) is -0.487. The molecule has 94 valence electrons. The summed E-state index contributed by atoms with van der Waals surface area (Å²) < 4.78 is 5.02. The van der Waals surface area contributed by atoms with E-state index in [1.165, 1.54) is 19.3 Å². The number of carbonyl (C=O) groups is 1. The first-order chi connectivity index (χ1) is 7.95. The van der Waals surface area contributed by atoms with Crippen molar-refractivity contribution in [3.05, 3.63) is 0 Å². The molecule has 0 aromatic heterocycles. The Balaban J connectivity index is 3.80. The average molecular weight is 234 g/mol. The Kier molecular flexibility index (Phi) is 7.99. The van der Waals surface area contributed by atoms with Crippen LogP contribution in [0.25, 0.3) is 0 Å².